The van der Waals surface area contributed by atoms with Gasteiger partial charge in [0.1, 0.15) is 11.5 Å². The van der Waals surface area contributed by atoms with E-state index in [4.69, 9.17) is 4.98 Å². The Hall–Kier alpha value is -3.98. The Bertz CT molecular complexity index is 1680. The number of imidazole rings is 1. The third-order valence-corrected chi connectivity index (χ3v) is 9.89. The molecule has 0 amide bonds. The summed E-state index contributed by atoms with van der Waals surface area (Å²) in [4.78, 5) is 5.04. The van der Waals surface area contributed by atoms with Crippen molar-refractivity contribution in [1.29, 1.82) is 0 Å². The molecule has 0 saturated carbocycles. The zero-order chi connectivity index (χ0) is 31.6. The highest BCUT2D eigenvalue weighted by atomic mass is 19.1. The van der Waals surface area contributed by atoms with E-state index in [9.17, 15) is 0 Å². The summed E-state index contributed by atoms with van der Waals surface area (Å²) in [6.07, 6.45) is 5.08. The van der Waals surface area contributed by atoms with Gasteiger partial charge in [0, 0.05) is 23.4 Å². The van der Waals surface area contributed by atoms with Crippen molar-refractivity contribution in [3.63, 3.8) is 0 Å². The number of aromatic nitrogens is 2. The first-order chi connectivity index (χ1) is 21.0. The largest absolute Gasteiger partial charge is 0.299 e. The zero-order valence-electron chi connectivity index (χ0n) is 27.7. The maximum absolute atomic E-state index is 16.5. The highest BCUT2D eigenvalue weighted by molar-refractivity contribution is 5.76. The molecule has 5 rings (SSSR count). The van der Waals surface area contributed by atoms with Crippen molar-refractivity contribution in [2.24, 2.45) is 0 Å². The van der Waals surface area contributed by atoms with Crippen LogP contribution < -0.4 is 0 Å². The molecule has 0 aliphatic heterocycles. The molecule has 0 spiro atoms. The minimum atomic E-state index is -1.40. The van der Waals surface area contributed by atoms with Crippen LogP contribution in [0.5, 0.6) is 0 Å². The topological polar surface area (TPSA) is 17.8 Å². The molecule has 3 heteroatoms. The fraction of sp³-hybridized carbons (Fsp3) is 0.341. The Kier molecular flexibility index (Phi) is 8.97. The maximum atomic E-state index is 16.5. The molecule has 0 radical (unpaired) electrons. The van der Waals surface area contributed by atoms with Crippen LogP contribution in [0, 0.1) is 0 Å². The summed E-state index contributed by atoms with van der Waals surface area (Å²) in [5, 5.41) is 0. The number of halogens is 1. The number of hydrogen-bond acceptors (Lipinski definition) is 1. The van der Waals surface area contributed by atoms with Crippen LogP contribution in [0.1, 0.15) is 96.8 Å². The Morgan fingerprint density at radius 1 is 0.682 bits per heavy atom. The quantitative estimate of drug-likeness (QED) is 0.159. The van der Waals surface area contributed by atoms with Crippen LogP contribution in [0.2, 0.25) is 0 Å². The van der Waals surface area contributed by atoms with Crippen LogP contribution in [0.25, 0.3) is 39.3 Å². The number of nitrogens with zero attached hydrogens (tertiary/aromatic N) is 2. The van der Waals surface area contributed by atoms with Gasteiger partial charge in [0.15, 0.2) is 0 Å². The van der Waals surface area contributed by atoms with Gasteiger partial charge in [0.2, 0.25) is 0 Å². The van der Waals surface area contributed by atoms with Gasteiger partial charge in [0.25, 0.3) is 0 Å². The Balaban J connectivity index is 1.83. The molecule has 228 valence electrons. The van der Waals surface area contributed by atoms with Crippen LogP contribution in [0.15, 0.2) is 103 Å². The van der Waals surface area contributed by atoms with E-state index in [1.54, 1.807) is 6.92 Å². The van der Waals surface area contributed by atoms with Crippen molar-refractivity contribution in [3.8, 4) is 39.3 Å². The van der Waals surface area contributed by atoms with Crippen LogP contribution in [-0.2, 0) is 5.41 Å². The minimum absolute atomic E-state index is 0.284. The van der Waals surface area contributed by atoms with E-state index in [1.165, 1.54) is 27.9 Å². The highest BCUT2D eigenvalue weighted by Gasteiger charge is 2.45. The van der Waals surface area contributed by atoms with Crippen molar-refractivity contribution in [1.82, 2.24) is 9.55 Å². The van der Waals surface area contributed by atoms with Crippen molar-refractivity contribution < 1.29 is 4.39 Å². The fourth-order valence-electron chi connectivity index (χ4n) is 6.57. The van der Waals surface area contributed by atoms with Crippen LogP contribution in [0.4, 0.5) is 4.39 Å². The molecule has 0 bridgehead atoms. The predicted molar refractivity (Wildman–Crippen MR) is 185 cm³/mol. The van der Waals surface area contributed by atoms with E-state index in [0.717, 1.165) is 28.1 Å². The SMILES string of the molecule is CCC(C)(c1ccc(-c2ccccc2)cc1-c1nccn1-c1c(C(C)C)cc(-c2ccccc2)cc1C(C)C)[C@@](C)(F)CC. The van der Waals surface area contributed by atoms with Gasteiger partial charge >= 0.3 is 0 Å². The lowest BCUT2D eigenvalue weighted by Gasteiger charge is -2.41. The lowest BCUT2D eigenvalue weighted by atomic mass is 9.66. The molecule has 1 unspecified atom stereocenters. The monoisotopic (exact) mass is 586 g/mol. The fourth-order valence-corrected chi connectivity index (χ4v) is 6.57. The average molecular weight is 587 g/mol. The van der Waals surface area contributed by atoms with E-state index >= 15 is 4.39 Å². The summed E-state index contributed by atoms with van der Waals surface area (Å²) < 4.78 is 18.8. The number of benzene rings is 4. The molecule has 2 atom stereocenters. The van der Waals surface area contributed by atoms with Crippen LogP contribution in [-0.4, -0.2) is 15.2 Å². The molecular weight excluding hydrogens is 539 g/mol. The lowest BCUT2D eigenvalue weighted by Crippen LogP contribution is -2.43. The molecule has 0 aliphatic rings. The Labute approximate surface area is 264 Å². The summed E-state index contributed by atoms with van der Waals surface area (Å²) >= 11 is 0. The molecule has 0 N–H and O–H groups in total. The second-order valence-corrected chi connectivity index (χ2v) is 13.2. The first-order valence-electron chi connectivity index (χ1n) is 16.2. The zero-order valence-corrected chi connectivity index (χ0v) is 27.7. The third kappa shape index (κ3) is 5.65. The van der Waals surface area contributed by atoms with Crippen LogP contribution in [0.3, 0.4) is 0 Å². The molecule has 5 aromatic rings. The van der Waals surface area contributed by atoms with E-state index in [2.05, 4.69) is 137 Å². The summed E-state index contributed by atoms with van der Waals surface area (Å²) in [5.74, 6) is 1.42. The molecule has 0 saturated heterocycles. The molecule has 1 heterocycles. The molecule has 4 aromatic carbocycles. The number of rotatable bonds is 10. The number of hydrogen-bond donors (Lipinski definition) is 0. The third-order valence-electron chi connectivity index (χ3n) is 9.89. The summed E-state index contributed by atoms with van der Waals surface area (Å²) in [5.41, 5.74) is 8.27. The highest BCUT2D eigenvalue weighted by Crippen LogP contribution is 2.48. The van der Waals surface area contributed by atoms with E-state index in [-0.39, 0.29) is 11.8 Å². The van der Waals surface area contributed by atoms with Crippen molar-refractivity contribution in [2.45, 2.75) is 91.2 Å². The van der Waals surface area contributed by atoms with Gasteiger partial charge in [-0.05, 0) is 88.7 Å². The van der Waals surface area contributed by atoms with Gasteiger partial charge in [-0.1, -0.05) is 121 Å². The van der Waals surface area contributed by atoms with Crippen molar-refractivity contribution >= 4 is 0 Å². The molecule has 2 nitrogen and oxygen atoms in total. The molecular formula is C41H47FN2. The van der Waals surface area contributed by atoms with Gasteiger partial charge in [0.05, 0.1) is 5.69 Å². The normalized spacial score (nSPS) is 14.5. The van der Waals surface area contributed by atoms with Crippen molar-refractivity contribution in [2.75, 3.05) is 0 Å². The minimum Gasteiger partial charge on any atom is -0.299 e. The average Bonchev–Trinajstić information content (AvgIpc) is 3.53. The first-order valence-corrected chi connectivity index (χ1v) is 16.2. The van der Waals surface area contributed by atoms with E-state index in [1.807, 2.05) is 19.2 Å². The van der Waals surface area contributed by atoms with Gasteiger partial charge < -0.3 is 0 Å². The smallest absolute Gasteiger partial charge is 0.144 e. The first kappa shape index (κ1) is 31.4. The molecule has 1 aromatic heterocycles. The second-order valence-electron chi connectivity index (χ2n) is 13.2. The Morgan fingerprint density at radius 3 is 1.73 bits per heavy atom. The molecule has 0 fully saturated rings. The maximum Gasteiger partial charge on any atom is 0.144 e. The standard InChI is InChI=1S/C41H47FN2/c1-9-40(7,41(8,42)10-2)37-22-21-32(30-17-13-11-14-18-30)25-36(37)39-43-23-24-44(39)38-34(28(3)4)26-33(27-35(38)29(5)6)31-19-15-12-16-20-31/h11-29H,9-10H2,1-8H3/t40?,41-/m0/s1. The van der Waals surface area contributed by atoms with Crippen molar-refractivity contribution in [3.05, 3.63) is 120 Å². The summed E-state index contributed by atoms with van der Waals surface area (Å²) in [6, 6.07) is 32.3. The number of alkyl halides is 1. The summed E-state index contributed by atoms with van der Waals surface area (Å²) in [6.45, 7) is 16.9. The van der Waals surface area contributed by atoms with Gasteiger partial charge in [-0.3, -0.25) is 4.57 Å². The molecule has 44 heavy (non-hydrogen) atoms. The summed E-state index contributed by atoms with van der Waals surface area (Å²) in [7, 11) is 0. The van der Waals surface area contributed by atoms with Gasteiger partial charge in [-0.2, -0.15) is 0 Å². The van der Waals surface area contributed by atoms with Gasteiger partial charge in [-0.15, -0.1) is 0 Å². The molecule has 0 aliphatic carbocycles. The lowest BCUT2D eigenvalue weighted by molar-refractivity contribution is 0.0725. The van der Waals surface area contributed by atoms with E-state index < -0.39 is 11.1 Å². The van der Waals surface area contributed by atoms with E-state index in [0.29, 0.717) is 12.8 Å². The Morgan fingerprint density at radius 2 is 1.23 bits per heavy atom. The van der Waals surface area contributed by atoms with Crippen LogP contribution >= 0.6 is 0 Å². The predicted octanol–water partition coefficient (Wildman–Crippen LogP) is 11.9. The second kappa shape index (κ2) is 12.6. The van der Waals surface area contributed by atoms with Gasteiger partial charge in [-0.25, -0.2) is 9.37 Å².